The van der Waals surface area contributed by atoms with Crippen LogP contribution >= 0.6 is 0 Å². The highest BCUT2D eigenvalue weighted by Gasteiger charge is 2.24. The molecular formula is C9H15N3O4. The van der Waals surface area contributed by atoms with E-state index in [-0.39, 0.29) is 30.9 Å². The Morgan fingerprint density at radius 1 is 1.44 bits per heavy atom. The summed E-state index contributed by atoms with van der Waals surface area (Å²) in [4.78, 5) is 32.9. The molecular weight excluding hydrogens is 214 g/mol. The minimum absolute atomic E-state index is 0.00429. The minimum Gasteiger partial charge on any atom is -0.369 e. The summed E-state index contributed by atoms with van der Waals surface area (Å²) in [6, 6.07) is -0.640. The number of hydrogen-bond donors (Lipinski definition) is 3. The molecule has 3 N–H and O–H groups in total. The average molecular weight is 229 g/mol. The van der Waals surface area contributed by atoms with Crippen molar-refractivity contribution in [1.82, 2.24) is 16.0 Å². The molecule has 7 nitrogen and oxygen atoms in total. The van der Waals surface area contributed by atoms with Crippen LogP contribution in [0.4, 0.5) is 0 Å². The highest BCUT2D eigenvalue weighted by molar-refractivity contribution is 5.89. The second kappa shape index (κ2) is 6.06. The average Bonchev–Trinajstić information content (AvgIpc) is 2.24. The first kappa shape index (κ1) is 12.4. The second-order valence-corrected chi connectivity index (χ2v) is 3.41. The van der Waals surface area contributed by atoms with E-state index in [0.717, 1.165) is 0 Å². The van der Waals surface area contributed by atoms with Crippen LogP contribution in [0.25, 0.3) is 0 Å². The zero-order valence-electron chi connectivity index (χ0n) is 9.04. The Kier molecular flexibility index (Phi) is 4.71. The van der Waals surface area contributed by atoms with Gasteiger partial charge in [0.1, 0.15) is 12.6 Å². The Morgan fingerprint density at radius 3 is 2.75 bits per heavy atom. The van der Waals surface area contributed by atoms with Crippen molar-refractivity contribution in [2.75, 3.05) is 26.3 Å². The molecule has 0 radical (unpaired) electrons. The number of carbonyl (C=O) groups is 3. The summed E-state index contributed by atoms with van der Waals surface area (Å²) in [6.45, 7) is 2.26. The van der Waals surface area contributed by atoms with Crippen LogP contribution in [0, 0.1) is 0 Å². The Hall–Kier alpha value is -1.63. The lowest BCUT2D eigenvalue weighted by Gasteiger charge is -2.22. The van der Waals surface area contributed by atoms with Crippen LogP contribution in [0.1, 0.15) is 6.92 Å². The van der Waals surface area contributed by atoms with E-state index in [4.69, 9.17) is 4.74 Å². The van der Waals surface area contributed by atoms with Gasteiger partial charge in [0.15, 0.2) is 0 Å². The zero-order valence-corrected chi connectivity index (χ0v) is 9.04. The predicted molar refractivity (Wildman–Crippen MR) is 54.4 cm³/mol. The third-order valence-electron chi connectivity index (χ3n) is 1.97. The van der Waals surface area contributed by atoms with Crippen LogP contribution in [0.5, 0.6) is 0 Å². The van der Waals surface area contributed by atoms with Gasteiger partial charge in [0.25, 0.3) is 0 Å². The van der Waals surface area contributed by atoms with Crippen LogP contribution in [0.2, 0.25) is 0 Å². The third-order valence-corrected chi connectivity index (χ3v) is 1.97. The van der Waals surface area contributed by atoms with Crippen molar-refractivity contribution in [1.29, 1.82) is 0 Å². The smallest absolute Gasteiger partial charge is 0.246 e. The maximum absolute atomic E-state index is 11.5. The summed E-state index contributed by atoms with van der Waals surface area (Å²) in [5.41, 5.74) is 0. The maximum atomic E-state index is 11.5. The molecule has 0 aromatic rings. The number of rotatable bonds is 4. The van der Waals surface area contributed by atoms with E-state index in [1.807, 2.05) is 0 Å². The van der Waals surface area contributed by atoms with Gasteiger partial charge in [0, 0.05) is 20.0 Å². The number of nitrogens with one attached hydrogen (secondary N) is 3. The van der Waals surface area contributed by atoms with Gasteiger partial charge in [-0.15, -0.1) is 0 Å². The molecule has 1 aliphatic rings. The normalized spacial score (nSPS) is 19.8. The summed E-state index contributed by atoms with van der Waals surface area (Å²) < 4.78 is 4.92. The van der Waals surface area contributed by atoms with Crippen molar-refractivity contribution in [3.63, 3.8) is 0 Å². The van der Waals surface area contributed by atoms with Crippen molar-refractivity contribution in [3.8, 4) is 0 Å². The van der Waals surface area contributed by atoms with E-state index < -0.39 is 6.04 Å². The van der Waals surface area contributed by atoms with Gasteiger partial charge >= 0.3 is 0 Å². The third kappa shape index (κ3) is 4.26. The largest absolute Gasteiger partial charge is 0.369 e. The summed E-state index contributed by atoms with van der Waals surface area (Å²) in [6.07, 6.45) is 0. The fraction of sp³-hybridized carbons (Fsp3) is 0.667. The monoisotopic (exact) mass is 229 g/mol. The van der Waals surface area contributed by atoms with Gasteiger partial charge in [-0.25, -0.2) is 0 Å². The fourth-order valence-corrected chi connectivity index (χ4v) is 1.24. The van der Waals surface area contributed by atoms with Crippen LogP contribution < -0.4 is 16.0 Å². The highest BCUT2D eigenvalue weighted by atomic mass is 16.5. The molecule has 0 aliphatic carbocycles. The summed E-state index contributed by atoms with van der Waals surface area (Å²) in [7, 11) is 0. The number of ether oxygens (including phenoxy) is 1. The summed E-state index contributed by atoms with van der Waals surface area (Å²) in [5, 5.41) is 7.62. The van der Waals surface area contributed by atoms with E-state index in [1.165, 1.54) is 6.92 Å². The second-order valence-electron chi connectivity index (χ2n) is 3.41. The van der Waals surface area contributed by atoms with Crippen LogP contribution in [0.3, 0.4) is 0 Å². The lowest BCUT2D eigenvalue weighted by atomic mass is 10.2. The minimum atomic E-state index is -0.640. The molecule has 1 rings (SSSR count). The summed E-state index contributed by atoms with van der Waals surface area (Å²) >= 11 is 0. The van der Waals surface area contributed by atoms with E-state index >= 15 is 0 Å². The Morgan fingerprint density at radius 2 is 2.12 bits per heavy atom. The summed E-state index contributed by atoms with van der Waals surface area (Å²) in [5.74, 6) is -0.754. The zero-order chi connectivity index (χ0) is 12.0. The van der Waals surface area contributed by atoms with Crippen molar-refractivity contribution in [3.05, 3.63) is 0 Å². The van der Waals surface area contributed by atoms with Gasteiger partial charge in [0.05, 0.1) is 6.61 Å². The Bertz CT molecular complexity index is 292. The SMILES string of the molecule is CC(=O)NCCNC(=O)C1COCC(=O)N1. The van der Waals surface area contributed by atoms with E-state index in [2.05, 4.69) is 16.0 Å². The first-order valence-corrected chi connectivity index (χ1v) is 4.99. The molecule has 1 atom stereocenters. The molecule has 1 fully saturated rings. The quantitative estimate of drug-likeness (QED) is 0.475. The van der Waals surface area contributed by atoms with E-state index in [0.29, 0.717) is 13.1 Å². The number of morpholine rings is 1. The molecule has 1 saturated heterocycles. The molecule has 1 heterocycles. The highest BCUT2D eigenvalue weighted by Crippen LogP contribution is 1.93. The van der Waals surface area contributed by atoms with Gasteiger partial charge in [-0.1, -0.05) is 0 Å². The molecule has 1 unspecified atom stereocenters. The molecule has 1 aliphatic heterocycles. The lowest BCUT2D eigenvalue weighted by molar-refractivity contribution is -0.138. The number of carbonyl (C=O) groups excluding carboxylic acids is 3. The van der Waals surface area contributed by atoms with Gasteiger partial charge in [-0.3, -0.25) is 14.4 Å². The van der Waals surface area contributed by atoms with Gasteiger partial charge < -0.3 is 20.7 Å². The van der Waals surface area contributed by atoms with Gasteiger partial charge in [0.2, 0.25) is 17.7 Å². The van der Waals surface area contributed by atoms with Gasteiger partial charge in [-0.2, -0.15) is 0 Å². The molecule has 0 aromatic carbocycles. The molecule has 0 spiro atoms. The first-order chi connectivity index (χ1) is 7.59. The van der Waals surface area contributed by atoms with Gasteiger partial charge in [-0.05, 0) is 0 Å². The van der Waals surface area contributed by atoms with Crippen LogP contribution in [-0.2, 0) is 19.1 Å². The Balaban J connectivity index is 2.19. The lowest BCUT2D eigenvalue weighted by Crippen LogP contribution is -2.54. The first-order valence-electron chi connectivity index (χ1n) is 4.99. The maximum Gasteiger partial charge on any atom is 0.246 e. The van der Waals surface area contributed by atoms with Crippen molar-refractivity contribution in [2.24, 2.45) is 0 Å². The topological polar surface area (TPSA) is 96.5 Å². The van der Waals surface area contributed by atoms with Crippen molar-refractivity contribution < 1.29 is 19.1 Å². The molecule has 90 valence electrons. The standard InChI is InChI=1S/C9H15N3O4/c1-6(13)10-2-3-11-9(15)7-4-16-5-8(14)12-7/h7H,2-5H2,1H3,(H,10,13)(H,11,15)(H,12,14). The van der Waals surface area contributed by atoms with Crippen molar-refractivity contribution >= 4 is 17.7 Å². The van der Waals surface area contributed by atoms with E-state index in [9.17, 15) is 14.4 Å². The molecule has 3 amide bonds. The fourth-order valence-electron chi connectivity index (χ4n) is 1.24. The van der Waals surface area contributed by atoms with Crippen LogP contribution in [-0.4, -0.2) is 50.1 Å². The molecule has 16 heavy (non-hydrogen) atoms. The molecule has 0 bridgehead atoms. The van der Waals surface area contributed by atoms with Crippen LogP contribution in [0.15, 0.2) is 0 Å². The number of amides is 3. The van der Waals surface area contributed by atoms with Crippen molar-refractivity contribution in [2.45, 2.75) is 13.0 Å². The predicted octanol–water partition coefficient (Wildman–Crippen LogP) is -2.25. The molecule has 0 aromatic heterocycles. The molecule has 0 saturated carbocycles. The Labute approximate surface area is 92.9 Å². The number of hydrogen-bond acceptors (Lipinski definition) is 4. The van der Waals surface area contributed by atoms with E-state index in [1.54, 1.807) is 0 Å². The molecule has 7 heteroatoms.